The van der Waals surface area contributed by atoms with E-state index in [0.29, 0.717) is 6.04 Å². The Bertz CT molecular complexity index is 311. The third-order valence-corrected chi connectivity index (χ3v) is 2.64. The highest BCUT2D eigenvalue weighted by Crippen LogP contribution is 2.10. The molecule has 0 radical (unpaired) electrons. The monoisotopic (exact) mass is 191 g/mol. The van der Waals surface area contributed by atoms with Crippen LogP contribution in [-0.4, -0.2) is 29.0 Å². The van der Waals surface area contributed by atoms with Gasteiger partial charge in [-0.25, -0.2) is 0 Å². The molecule has 1 saturated heterocycles. The highest BCUT2D eigenvalue weighted by molar-refractivity contribution is 5.10. The van der Waals surface area contributed by atoms with E-state index in [1.807, 2.05) is 13.0 Å². The first-order chi connectivity index (χ1) is 6.74. The molecule has 1 aliphatic rings. The van der Waals surface area contributed by atoms with E-state index in [2.05, 4.69) is 22.0 Å². The molecular weight excluding hydrogens is 174 g/mol. The molecule has 2 N–H and O–H groups in total. The minimum Gasteiger partial charge on any atom is -0.326 e. The van der Waals surface area contributed by atoms with E-state index in [0.717, 1.165) is 37.4 Å². The van der Waals surface area contributed by atoms with E-state index in [1.165, 1.54) is 0 Å². The van der Waals surface area contributed by atoms with Crippen molar-refractivity contribution >= 4 is 0 Å². The van der Waals surface area contributed by atoms with Gasteiger partial charge in [0.15, 0.2) is 0 Å². The highest BCUT2D eigenvalue weighted by atomic mass is 15.2. The lowest BCUT2D eigenvalue weighted by molar-refractivity contribution is 0.322. The summed E-state index contributed by atoms with van der Waals surface area (Å²) in [6, 6.07) is 6.53. The standard InChI is InChI=1S/C11H17N3/c1-9-3-2-4-11(13-9)8-14-6-5-10(12)7-14/h2-4,10H,5-8,12H2,1H3. The number of rotatable bonds is 2. The summed E-state index contributed by atoms with van der Waals surface area (Å²) in [6.07, 6.45) is 1.12. The maximum absolute atomic E-state index is 5.85. The average molecular weight is 191 g/mol. The van der Waals surface area contributed by atoms with E-state index in [-0.39, 0.29) is 0 Å². The summed E-state index contributed by atoms with van der Waals surface area (Å²) in [4.78, 5) is 6.85. The van der Waals surface area contributed by atoms with E-state index in [4.69, 9.17) is 5.73 Å². The predicted molar refractivity (Wildman–Crippen MR) is 56.8 cm³/mol. The van der Waals surface area contributed by atoms with Crippen LogP contribution in [-0.2, 0) is 6.54 Å². The topological polar surface area (TPSA) is 42.1 Å². The van der Waals surface area contributed by atoms with Gasteiger partial charge in [-0.3, -0.25) is 9.88 Å². The maximum Gasteiger partial charge on any atom is 0.0547 e. The van der Waals surface area contributed by atoms with Crippen molar-refractivity contribution in [1.82, 2.24) is 9.88 Å². The third kappa shape index (κ3) is 2.30. The molecule has 0 aliphatic carbocycles. The van der Waals surface area contributed by atoms with Gasteiger partial charge in [0.05, 0.1) is 5.69 Å². The Morgan fingerprint density at radius 1 is 1.57 bits per heavy atom. The van der Waals surface area contributed by atoms with Crippen molar-refractivity contribution in [2.75, 3.05) is 13.1 Å². The largest absolute Gasteiger partial charge is 0.326 e. The van der Waals surface area contributed by atoms with Gasteiger partial charge in [-0.1, -0.05) is 6.07 Å². The van der Waals surface area contributed by atoms with Gasteiger partial charge in [0.2, 0.25) is 0 Å². The van der Waals surface area contributed by atoms with Crippen LogP contribution >= 0.6 is 0 Å². The Kier molecular flexibility index (Phi) is 2.79. The van der Waals surface area contributed by atoms with Crippen molar-refractivity contribution < 1.29 is 0 Å². The van der Waals surface area contributed by atoms with Crippen LogP contribution in [0.15, 0.2) is 18.2 Å². The molecule has 1 fully saturated rings. The van der Waals surface area contributed by atoms with E-state index in [9.17, 15) is 0 Å². The second kappa shape index (κ2) is 4.07. The zero-order chi connectivity index (χ0) is 9.97. The Morgan fingerprint density at radius 2 is 2.43 bits per heavy atom. The third-order valence-electron chi connectivity index (χ3n) is 2.64. The molecular formula is C11H17N3. The van der Waals surface area contributed by atoms with Gasteiger partial charge >= 0.3 is 0 Å². The normalized spacial score (nSPS) is 22.9. The summed E-state index contributed by atoms with van der Waals surface area (Å²) in [6.45, 7) is 5.08. The number of pyridine rings is 1. The predicted octanol–water partition coefficient (Wildman–Crippen LogP) is 0.923. The van der Waals surface area contributed by atoms with Crippen molar-refractivity contribution in [3.05, 3.63) is 29.6 Å². The average Bonchev–Trinajstić information content (AvgIpc) is 2.51. The maximum atomic E-state index is 5.85. The number of hydrogen-bond donors (Lipinski definition) is 1. The SMILES string of the molecule is Cc1cccc(CN2CCC(N)C2)n1. The van der Waals surface area contributed by atoms with Gasteiger partial charge in [-0.2, -0.15) is 0 Å². The molecule has 1 aliphatic heterocycles. The number of nitrogens with zero attached hydrogens (tertiary/aromatic N) is 2. The van der Waals surface area contributed by atoms with Crippen molar-refractivity contribution in [2.24, 2.45) is 5.73 Å². The first-order valence-electron chi connectivity index (χ1n) is 5.14. The molecule has 1 unspecified atom stereocenters. The smallest absolute Gasteiger partial charge is 0.0547 e. The van der Waals surface area contributed by atoms with Gasteiger partial charge in [-0.05, 0) is 25.5 Å². The second-order valence-corrected chi connectivity index (χ2v) is 4.05. The van der Waals surface area contributed by atoms with Crippen LogP contribution in [0.3, 0.4) is 0 Å². The fraction of sp³-hybridized carbons (Fsp3) is 0.545. The van der Waals surface area contributed by atoms with Crippen LogP contribution in [0.25, 0.3) is 0 Å². The molecule has 2 rings (SSSR count). The zero-order valence-electron chi connectivity index (χ0n) is 8.61. The van der Waals surface area contributed by atoms with Crippen LogP contribution in [0.4, 0.5) is 0 Å². The molecule has 0 saturated carbocycles. The molecule has 0 aromatic carbocycles. The minimum absolute atomic E-state index is 0.361. The van der Waals surface area contributed by atoms with Crippen molar-refractivity contribution in [1.29, 1.82) is 0 Å². The van der Waals surface area contributed by atoms with Crippen LogP contribution in [0.1, 0.15) is 17.8 Å². The molecule has 0 spiro atoms. The number of likely N-dealkylation sites (tertiary alicyclic amines) is 1. The van der Waals surface area contributed by atoms with Crippen LogP contribution < -0.4 is 5.73 Å². The van der Waals surface area contributed by atoms with Crippen molar-refractivity contribution in [3.63, 3.8) is 0 Å². The summed E-state index contributed by atoms with van der Waals surface area (Å²) in [5.74, 6) is 0. The lowest BCUT2D eigenvalue weighted by atomic mass is 10.3. The van der Waals surface area contributed by atoms with E-state index in [1.54, 1.807) is 0 Å². The van der Waals surface area contributed by atoms with Crippen LogP contribution in [0.5, 0.6) is 0 Å². The summed E-state index contributed by atoms with van der Waals surface area (Å²) in [7, 11) is 0. The number of aryl methyl sites for hydroxylation is 1. The van der Waals surface area contributed by atoms with Crippen LogP contribution in [0.2, 0.25) is 0 Å². The van der Waals surface area contributed by atoms with E-state index >= 15 is 0 Å². The lowest BCUT2D eigenvalue weighted by Gasteiger charge is -2.14. The summed E-state index contributed by atoms with van der Waals surface area (Å²) >= 11 is 0. The summed E-state index contributed by atoms with van der Waals surface area (Å²) < 4.78 is 0. The molecule has 1 aromatic rings. The van der Waals surface area contributed by atoms with Gasteiger partial charge in [0.25, 0.3) is 0 Å². The summed E-state index contributed by atoms with van der Waals surface area (Å²) in [5.41, 5.74) is 8.09. The highest BCUT2D eigenvalue weighted by Gasteiger charge is 2.18. The van der Waals surface area contributed by atoms with E-state index < -0.39 is 0 Å². The molecule has 76 valence electrons. The fourth-order valence-electron chi connectivity index (χ4n) is 1.92. The first kappa shape index (κ1) is 9.62. The molecule has 1 aromatic heterocycles. The fourth-order valence-corrected chi connectivity index (χ4v) is 1.92. The number of aromatic nitrogens is 1. The molecule has 0 amide bonds. The van der Waals surface area contributed by atoms with Gasteiger partial charge in [0, 0.05) is 31.4 Å². The molecule has 3 heteroatoms. The van der Waals surface area contributed by atoms with Crippen molar-refractivity contribution in [2.45, 2.75) is 25.9 Å². The Labute approximate surface area is 84.9 Å². The number of hydrogen-bond acceptors (Lipinski definition) is 3. The lowest BCUT2D eigenvalue weighted by Crippen LogP contribution is -2.26. The molecule has 2 heterocycles. The van der Waals surface area contributed by atoms with Crippen LogP contribution in [0, 0.1) is 6.92 Å². The molecule has 0 bridgehead atoms. The van der Waals surface area contributed by atoms with Gasteiger partial charge in [-0.15, -0.1) is 0 Å². The molecule has 14 heavy (non-hydrogen) atoms. The summed E-state index contributed by atoms with van der Waals surface area (Å²) in [5, 5.41) is 0. The molecule has 3 nitrogen and oxygen atoms in total. The minimum atomic E-state index is 0.361. The van der Waals surface area contributed by atoms with Gasteiger partial charge < -0.3 is 5.73 Å². The molecule has 1 atom stereocenters. The Morgan fingerprint density at radius 3 is 3.07 bits per heavy atom. The van der Waals surface area contributed by atoms with Crippen molar-refractivity contribution in [3.8, 4) is 0 Å². The van der Waals surface area contributed by atoms with Gasteiger partial charge in [0.1, 0.15) is 0 Å². The second-order valence-electron chi connectivity index (χ2n) is 4.05. The zero-order valence-corrected chi connectivity index (χ0v) is 8.61. The Balaban J connectivity index is 1.97. The number of nitrogens with two attached hydrogens (primary N) is 1. The Hall–Kier alpha value is -0.930. The quantitative estimate of drug-likeness (QED) is 0.756. The first-order valence-corrected chi connectivity index (χ1v) is 5.14.